The first-order chi connectivity index (χ1) is 31.1. The van der Waals surface area contributed by atoms with E-state index < -0.39 is 31.3 Å². The molecule has 0 aromatic heterocycles. The standard InChI is InChI=1S/C58H48O4S2/c1-57(2)46-36-37-58(57,56(59)38-46)39-63(60,61)62-64(47-30-24-43(25-31-47)53-21-9-15-40-12-3-6-18-50(40)53,48-32-26-44(27-33-48)54-22-10-16-41-13-4-7-19-51(41)54)49-34-28-45(29-35-49)55-23-11-17-42-14-5-8-20-52(42)55/h3-35,46H,36-39H2,1-2H3. The minimum Gasteiger partial charge on any atom is -0.299 e. The normalized spacial score (nSPS) is 18.5. The van der Waals surface area contributed by atoms with Gasteiger partial charge in [-0.1, -0.05) is 178 Å². The van der Waals surface area contributed by atoms with Crippen LogP contribution in [0.1, 0.15) is 33.1 Å². The van der Waals surface area contributed by atoms with Gasteiger partial charge in [0.1, 0.15) is 5.78 Å². The number of Topliss-reactive ketones (excluding diaryl/α,β-unsaturated/α-hetero) is 1. The summed E-state index contributed by atoms with van der Waals surface area (Å²) in [6, 6.07) is 68.9. The Bertz CT molecular complexity index is 3060. The van der Waals surface area contributed by atoms with Crippen LogP contribution in [0.25, 0.3) is 65.7 Å². The van der Waals surface area contributed by atoms with Gasteiger partial charge in [-0.15, -0.1) is 0 Å². The van der Waals surface area contributed by atoms with Gasteiger partial charge in [0.25, 0.3) is 10.1 Å². The quantitative estimate of drug-likeness (QED) is 0.137. The van der Waals surface area contributed by atoms with Crippen LogP contribution in [0, 0.1) is 16.7 Å². The summed E-state index contributed by atoms with van der Waals surface area (Å²) in [7, 11) is -7.40. The maximum atomic E-state index is 15.3. The van der Waals surface area contributed by atoms with E-state index in [-0.39, 0.29) is 17.5 Å². The van der Waals surface area contributed by atoms with E-state index in [1.165, 1.54) is 0 Å². The summed E-state index contributed by atoms with van der Waals surface area (Å²) in [4.78, 5) is 16.1. The molecule has 0 amide bonds. The lowest BCUT2D eigenvalue weighted by molar-refractivity contribution is -0.128. The van der Waals surface area contributed by atoms with E-state index in [2.05, 4.69) is 159 Å². The van der Waals surface area contributed by atoms with Gasteiger partial charge in [0, 0.05) is 21.1 Å². The lowest BCUT2D eigenvalue weighted by Crippen LogP contribution is -2.42. The number of fused-ring (bicyclic) bond motifs is 5. The van der Waals surface area contributed by atoms with E-state index in [1.807, 2.05) is 54.6 Å². The molecule has 9 aromatic carbocycles. The van der Waals surface area contributed by atoms with E-state index in [0.717, 1.165) is 86.8 Å². The fraction of sp³-hybridized carbons (Fsp3) is 0.155. The molecule has 0 aliphatic heterocycles. The average molecular weight is 873 g/mol. The number of hydrogen-bond donors (Lipinski definition) is 0. The molecule has 0 radical (unpaired) electrons. The van der Waals surface area contributed by atoms with Crippen molar-refractivity contribution < 1.29 is 16.8 Å². The molecule has 64 heavy (non-hydrogen) atoms. The first-order valence-electron chi connectivity index (χ1n) is 22.1. The third-order valence-electron chi connectivity index (χ3n) is 14.6. The minimum absolute atomic E-state index is 0.0415. The van der Waals surface area contributed by atoms with Gasteiger partial charge < -0.3 is 0 Å². The summed E-state index contributed by atoms with van der Waals surface area (Å²) >= 11 is 0. The molecule has 2 fully saturated rings. The number of ketones is 1. The Labute approximate surface area is 377 Å². The van der Waals surface area contributed by atoms with Crippen LogP contribution < -0.4 is 0 Å². The molecule has 2 atom stereocenters. The van der Waals surface area contributed by atoms with Crippen LogP contribution in [0.4, 0.5) is 0 Å². The van der Waals surface area contributed by atoms with Crippen LogP contribution in [0.3, 0.4) is 0 Å². The predicted molar refractivity (Wildman–Crippen MR) is 264 cm³/mol. The summed E-state index contributed by atoms with van der Waals surface area (Å²) in [6.45, 7) is 4.16. The fourth-order valence-corrected chi connectivity index (χ4v) is 17.1. The van der Waals surface area contributed by atoms with Crippen LogP contribution in [-0.4, -0.2) is 20.0 Å². The van der Waals surface area contributed by atoms with Crippen molar-refractivity contribution in [3.8, 4) is 33.4 Å². The molecule has 4 nitrogen and oxygen atoms in total. The molecule has 9 aromatic rings. The highest BCUT2D eigenvalue weighted by atomic mass is 32.3. The summed E-state index contributed by atoms with van der Waals surface area (Å²) in [5.74, 6) is -0.148. The Hall–Kier alpha value is -6.31. The third kappa shape index (κ3) is 6.53. The largest absolute Gasteiger partial charge is 0.299 e. The lowest BCUT2D eigenvalue weighted by Gasteiger charge is -2.42. The number of benzene rings is 9. The molecule has 6 heteroatoms. The SMILES string of the molecule is CC1(C)C2CCC1(CS(=O)(=O)OS(c1ccc(-c3cccc4ccccc34)cc1)(c1ccc(-c3cccc4ccccc34)cc1)c1ccc(-c3cccc4ccccc34)cc1)C(=O)C2. The summed E-state index contributed by atoms with van der Waals surface area (Å²) in [6.07, 6.45) is 1.81. The minimum atomic E-state index is -4.37. The van der Waals surface area contributed by atoms with Gasteiger partial charge in [0.2, 0.25) is 0 Å². The second-order valence-corrected chi connectivity index (χ2v) is 22.6. The monoisotopic (exact) mass is 872 g/mol. The highest BCUT2D eigenvalue weighted by Gasteiger charge is 2.66. The molecule has 0 spiro atoms. The molecule has 316 valence electrons. The smallest absolute Gasteiger partial charge is 0.278 e. The van der Waals surface area contributed by atoms with Gasteiger partial charge in [0.05, 0.1) is 11.2 Å². The van der Waals surface area contributed by atoms with Crippen molar-refractivity contribution in [2.45, 2.75) is 47.8 Å². The Kier molecular flexibility index (Phi) is 9.77. The third-order valence-corrected chi connectivity index (χ3v) is 19.9. The van der Waals surface area contributed by atoms with E-state index in [4.69, 9.17) is 3.63 Å². The van der Waals surface area contributed by atoms with Crippen molar-refractivity contribution in [1.29, 1.82) is 0 Å². The Balaban J connectivity index is 1.11. The number of carbonyl (C=O) groups excluding carboxylic acids is 1. The zero-order chi connectivity index (χ0) is 43.7. The molecule has 0 heterocycles. The van der Waals surface area contributed by atoms with Crippen molar-refractivity contribution in [3.05, 3.63) is 200 Å². The van der Waals surface area contributed by atoms with Crippen LogP contribution in [-0.2, 0) is 18.5 Å². The highest BCUT2D eigenvalue weighted by molar-refractivity contribution is 8.33. The summed E-state index contributed by atoms with van der Waals surface area (Å²) in [5.41, 5.74) is 4.86. The van der Waals surface area contributed by atoms with E-state index in [0.29, 0.717) is 12.8 Å². The van der Waals surface area contributed by atoms with Gasteiger partial charge >= 0.3 is 0 Å². The molecule has 0 saturated heterocycles. The van der Waals surface area contributed by atoms with Gasteiger partial charge in [0.15, 0.2) is 0 Å². The van der Waals surface area contributed by atoms with Crippen LogP contribution in [0.2, 0.25) is 0 Å². The second kappa shape index (κ2) is 15.4. The van der Waals surface area contributed by atoms with E-state index in [1.54, 1.807) is 0 Å². The molecule has 2 saturated carbocycles. The molecular weight excluding hydrogens is 825 g/mol. The summed E-state index contributed by atoms with van der Waals surface area (Å²) in [5, 5.41) is 6.86. The fourth-order valence-electron chi connectivity index (χ4n) is 11.0. The van der Waals surface area contributed by atoms with Gasteiger partial charge in [-0.05, 0) is 137 Å². The van der Waals surface area contributed by atoms with Crippen LogP contribution in [0.5, 0.6) is 0 Å². The van der Waals surface area contributed by atoms with E-state index >= 15 is 8.42 Å². The molecular formula is C58H48O4S2. The Morgan fingerprint density at radius 2 is 0.844 bits per heavy atom. The lowest BCUT2D eigenvalue weighted by atomic mass is 9.70. The second-order valence-electron chi connectivity index (χ2n) is 18.1. The van der Waals surface area contributed by atoms with Crippen molar-refractivity contribution in [1.82, 2.24) is 0 Å². The summed E-state index contributed by atoms with van der Waals surface area (Å²) < 4.78 is 37.7. The van der Waals surface area contributed by atoms with Gasteiger partial charge in [-0.2, -0.15) is 8.42 Å². The number of rotatable bonds is 10. The highest BCUT2D eigenvalue weighted by Crippen LogP contribution is 2.71. The van der Waals surface area contributed by atoms with Gasteiger partial charge in [-0.25, -0.2) is 3.63 Å². The zero-order valence-electron chi connectivity index (χ0n) is 35.9. The van der Waals surface area contributed by atoms with Crippen molar-refractivity contribution in [2.75, 3.05) is 5.75 Å². The molecule has 2 aliphatic carbocycles. The molecule has 2 bridgehead atoms. The Morgan fingerprint density at radius 1 is 0.484 bits per heavy atom. The molecule has 11 rings (SSSR count). The van der Waals surface area contributed by atoms with Crippen molar-refractivity contribution in [2.24, 2.45) is 16.7 Å². The average Bonchev–Trinajstić information content (AvgIpc) is 3.67. The Morgan fingerprint density at radius 3 is 1.19 bits per heavy atom. The topological polar surface area (TPSA) is 60.4 Å². The predicted octanol–water partition coefficient (Wildman–Crippen LogP) is 15.1. The van der Waals surface area contributed by atoms with Crippen molar-refractivity contribution in [3.63, 3.8) is 0 Å². The zero-order valence-corrected chi connectivity index (χ0v) is 37.5. The maximum Gasteiger partial charge on any atom is 0.278 e. The van der Waals surface area contributed by atoms with Crippen LogP contribution in [0.15, 0.2) is 215 Å². The first-order valence-corrected chi connectivity index (χ1v) is 25.3. The molecule has 2 aliphatic rings. The number of carbonyl (C=O) groups is 1. The van der Waals surface area contributed by atoms with Crippen molar-refractivity contribution >= 4 is 58.5 Å². The maximum absolute atomic E-state index is 15.3. The molecule has 0 N–H and O–H groups in total. The van der Waals surface area contributed by atoms with E-state index in [9.17, 15) is 4.79 Å². The van der Waals surface area contributed by atoms with Gasteiger partial charge in [-0.3, -0.25) is 4.79 Å². The first kappa shape index (κ1) is 40.5. The van der Waals surface area contributed by atoms with Crippen LogP contribution >= 0.6 is 10.3 Å². The number of hydrogen-bond acceptors (Lipinski definition) is 4. The molecule has 2 unspecified atom stereocenters.